The third-order valence-electron chi connectivity index (χ3n) is 7.20. The SMILES string of the molecule is NC(=O)c1cnc(-c2ccc3c(c2)CN(C2(C=O)CC(F)(F)C2)C3)nc1Nc1ccc(-c2cn[nH]c2)cc1. The number of alkyl halides is 2. The van der Waals surface area contributed by atoms with Gasteiger partial charge in [-0.25, -0.2) is 18.7 Å². The minimum Gasteiger partial charge on any atom is -0.365 e. The van der Waals surface area contributed by atoms with E-state index in [0.717, 1.165) is 22.3 Å². The van der Waals surface area contributed by atoms with Crippen molar-refractivity contribution in [3.63, 3.8) is 0 Å². The highest BCUT2D eigenvalue weighted by molar-refractivity contribution is 5.98. The second kappa shape index (κ2) is 8.80. The summed E-state index contributed by atoms with van der Waals surface area (Å²) in [5.74, 6) is -2.85. The van der Waals surface area contributed by atoms with Crippen LogP contribution in [0.15, 0.2) is 61.1 Å². The maximum Gasteiger partial charge on any atom is 0.254 e. The van der Waals surface area contributed by atoms with Crippen LogP contribution in [0.5, 0.6) is 0 Å². The number of carbonyl (C=O) groups is 2. The van der Waals surface area contributed by atoms with Gasteiger partial charge in [0.15, 0.2) is 5.82 Å². The number of amides is 1. The Bertz CT molecular complexity index is 1530. The predicted molar refractivity (Wildman–Crippen MR) is 136 cm³/mol. The zero-order valence-corrected chi connectivity index (χ0v) is 20.1. The van der Waals surface area contributed by atoms with Crippen LogP contribution in [0.1, 0.15) is 34.3 Å². The lowest BCUT2D eigenvalue weighted by Gasteiger charge is -2.48. The maximum absolute atomic E-state index is 13.6. The van der Waals surface area contributed by atoms with Crippen molar-refractivity contribution in [3.8, 4) is 22.5 Å². The minimum absolute atomic E-state index is 0.138. The second-order valence-corrected chi connectivity index (χ2v) is 9.78. The summed E-state index contributed by atoms with van der Waals surface area (Å²) in [6, 6.07) is 13.2. The van der Waals surface area contributed by atoms with Crippen LogP contribution in [0, 0.1) is 0 Å². The summed E-state index contributed by atoms with van der Waals surface area (Å²) in [5, 5.41) is 9.89. The fourth-order valence-electron chi connectivity index (χ4n) is 5.16. The normalized spacial score (nSPS) is 17.4. The highest BCUT2D eigenvalue weighted by Gasteiger charge is 2.60. The number of nitrogens with two attached hydrogens (primary N) is 1. The molecule has 2 aromatic carbocycles. The van der Waals surface area contributed by atoms with E-state index in [-0.39, 0.29) is 11.4 Å². The molecule has 192 valence electrons. The van der Waals surface area contributed by atoms with Crippen molar-refractivity contribution in [3.05, 3.63) is 77.7 Å². The van der Waals surface area contributed by atoms with E-state index < -0.39 is 30.2 Å². The zero-order chi connectivity index (χ0) is 26.5. The quantitative estimate of drug-likeness (QED) is 0.317. The lowest BCUT2D eigenvalue weighted by atomic mass is 9.73. The van der Waals surface area contributed by atoms with Gasteiger partial charge in [0.05, 0.1) is 11.7 Å². The Morgan fingerprint density at radius 1 is 1.03 bits per heavy atom. The number of hydrogen-bond donors (Lipinski definition) is 3. The molecule has 2 aromatic heterocycles. The van der Waals surface area contributed by atoms with Gasteiger partial charge in [0.1, 0.15) is 17.7 Å². The molecule has 0 radical (unpaired) electrons. The van der Waals surface area contributed by atoms with Gasteiger partial charge in [0.25, 0.3) is 11.8 Å². The number of nitrogens with zero attached hydrogens (tertiary/aromatic N) is 4. The smallest absolute Gasteiger partial charge is 0.254 e. The molecule has 1 fully saturated rings. The van der Waals surface area contributed by atoms with Crippen molar-refractivity contribution in [1.82, 2.24) is 25.1 Å². The van der Waals surface area contributed by atoms with Crippen LogP contribution in [-0.4, -0.2) is 48.7 Å². The molecule has 1 aliphatic carbocycles. The molecule has 11 heteroatoms. The fourth-order valence-corrected chi connectivity index (χ4v) is 5.16. The van der Waals surface area contributed by atoms with Crippen molar-refractivity contribution >= 4 is 23.7 Å². The number of H-pyrrole nitrogens is 1. The van der Waals surface area contributed by atoms with Crippen LogP contribution in [-0.2, 0) is 17.9 Å². The molecule has 0 saturated heterocycles. The molecule has 9 nitrogen and oxygen atoms in total. The zero-order valence-electron chi connectivity index (χ0n) is 20.1. The van der Waals surface area contributed by atoms with Crippen LogP contribution in [0.4, 0.5) is 20.3 Å². The molecule has 1 saturated carbocycles. The molecule has 2 aliphatic rings. The van der Waals surface area contributed by atoms with Crippen molar-refractivity contribution in [2.45, 2.75) is 37.4 Å². The molecule has 1 aliphatic heterocycles. The van der Waals surface area contributed by atoms with E-state index >= 15 is 0 Å². The van der Waals surface area contributed by atoms with Gasteiger partial charge in [-0.2, -0.15) is 5.10 Å². The summed E-state index contributed by atoms with van der Waals surface area (Å²) in [7, 11) is 0. The monoisotopic (exact) mass is 515 g/mol. The first-order valence-corrected chi connectivity index (χ1v) is 12.0. The largest absolute Gasteiger partial charge is 0.365 e. The molecule has 38 heavy (non-hydrogen) atoms. The standard InChI is InChI=1S/C27H23F2N7O2/c28-27(29)13-26(14-27,15-37)36-11-18-2-1-17(7-19(18)12-36)24-31-10-22(23(30)38)25(35-24)34-21-5-3-16(4-6-21)20-8-32-33-9-20/h1-10,15H,11-14H2,(H2,30,38)(H,32,33)(H,31,34,35). The summed E-state index contributed by atoms with van der Waals surface area (Å²) in [4.78, 5) is 34.5. The number of hydrogen-bond acceptors (Lipinski definition) is 7. The van der Waals surface area contributed by atoms with Crippen LogP contribution in [0.2, 0.25) is 0 Å². The number of primary amides is 1. The van der Waals surface area contributed by atoms with Crippen molar-refractivity contribution in [2.75, 3.05) is 5.32 Å². The maximum atomic E-state index is 13.6. The summed E-state index contributed by atoms with van der Waals surface area (Å²) in [6.45, 7) is 0.805. The highest BCUT2D eigenvalue weighted by Crippen LogP contribution is 2.50. The van der Waals surface area contributed by atoms with Crippen molar-refractivity contribution < 1.29 is 18.4 Å². The number of carbonyl (C=O) groups excluding carboxylic acids is 2. The van der Waals surface area contributed by atoms with E-state index in [0.29, 0.717) is 36.5 Å². The van der Waals surface area contributed by atoms with Gasteiger partial charge < -0.3 is 15.8 Å². The number of halogens is 2. The van der Waals surface area contributed by atoms with Crippen LogP contribution in [0.3, 0.4) is 0 Å². The molecular weight excluding hydrogens is 492 g/mol. The Hall–Kier alpha value is -4.51. The topological polar surface area (TPSA) is 130 Å². The van der Waals surface area contributed by atoms with E-state index in [1.54, 1.807) is 12.4 Å². The Morgan fingerprint density at radius 3 is 2.42 bits per heavy atom. The van der Waals surface area contributed by atoms with Gasteiger partial charge in [-0.05, 0) is 34.9 Å². The Morgan fingerprint density at radius 2 is 1.76 bits per heavy atom. The van der Waals surface area contributed by atoms with Crippen LogP contribution in [0.25, 0.3) is 22.5 Å². The number of benzene rings is 2. The number of anilines is 2. The third kappa shape index (κ3) is 4.20. The molecule has 3 heterocycles. The van der Waals surface area contributed by atoms with Gasteiger partial charge in [-0.15, -0.1) is 0 Å². The van der Waals surface area contributed by atoms with Crippen molar-refractivity contribution in [2.24, 2.45) is 5.73 Å². The number of aldehydes is 1. The first-order valence-electron chi connectivity index (χ1n) is 12.0. The summed E-state index contributed by atoms with van der Waals surface area (Å²) in [5.41, 5.74) is 9.77. The second-order valence-electron chi connectivity index (χ2n) is 9.78. The molecule has 4 aromatic rings. The third-order valence-corrected chi connectivity index (χ3v) is 7.20. The van der Waals surface area contributed by atoms with Crippen LogP contribution >= 0.6 is 0 Å². The first kappa shape index (κ1) is 23.9. The van der Waals surface area contributed by atoms with Gasteiger partial charge in [-0.3, -0.25) is 14.8 Å². The summed E-state index contributed by atoms with van der Waals surface area (Å²) >= 11 is 0. The van der Waals surface area contributed by atoms with Crippen LogP contribution < -0.4 is 11.1 Å². The fraction of sp³-hybridized carbons (Fsp3) is 0.222. The average Bonchev–Trinajstić information content (AvgIpc) is 3.57. The number of nitrogens with one attached hydrogen (secondary N) is 2. The Kier molecular flexibility index (Phi) is 5.53. The molecule has 0 unspecified atom stereocenters. The molecule has 6 rings (SSSR count). The highest BCUT2D eigenvalue weighted by atomic mass is 19.3. The van der Waals surface area contributed by atoms with E-state index in [1.165, 1.54) is 6.20 Å². The Balaban J connectivity index is 1.26. The number of fused-ring (bicyclic) bond motifs is 1. The van der Waals surface area contributed by atoms with Gasteiger partial charge in [-0.1, -0.05) is 24.3 Å². The molecule has 1 amide bonds. The number of aromatic nitrogens is 4. The number of rotatable bonds is 7. The summed E-state index contributed by atoms with van der Waals surface area (Å²) < 4.78 is 27.2. The first-order chi connectivity index (χ1) is 18.2. The molecule has 4 N–H and O–H groups in total. The number of aromatic amines is 1. The molecule has 0 bridgehead atoms. The van der Waals surface area contributed by atoms with Crippen molar-refractivity contribution in [1.29, 1.82) is 0 Å². The summed E-state index contributed by atoms with van der Waals surface area (Å²) in [6.07, 6.45) is 4.63. The molecule has 0 atom stereocenters. The van der Waals surface area contributed by atoms with E-state index in [9.17, 15) is 18.4 Å². The average molecular weight is 516 g/mol. The van der Waals surface area contributed by atoms with Gasteiger partial charge in [0.2, 0.25) is 0 Å². The minimum atomic E-state index is -2.81. The van der Waals surface area contributed by atoms with E-state index in [2.05, 4.69) is 25.5 Å². The molecular formula is C27H23F2N7O2. The van der Waals surface area contributed by atoms with E-state index in [1.807, 2.05) is 47.4 Å². The lowest BCUT2D eigenvalue weighted by Crippen LogP contribution is -2.61. The van der Waals surface area contributed by atoms with Gasteiger partial charge in [0, 0.05) is 55.1 Å². The Labute approximate surface area is 216 Å². The predicted octanol–water partition coefficient (Wildman–Crippen LogP) is 4.06. The lowest BCUT2D eigenvalue weighted by molar-refractivity contribution is -0.178. The van der Waals surface area contributed by atoms with E-state index in [4.69, 9.17) is 5.73 Å². The van der Waals surface area contributed by atoms with Gasteiger partial charge >= 0.3 is 0 Å². The molecule has 0 spiro atoms.